The van der Waals surface area contributed by atoms with Crippen molar-refractivity contribution in [2.75, 3.05) is 13.6 Å². The van der Waals surface area contributed by atoms with Crippen LogP contribution in [-0.2, 0) is 4.79 Å². The van der Waals surface area contributed by atoms with Gasteiger partial charge >= 0.3 is 0 Å². The highest BCUT2D eigenvalue weighted by Gasteiger charge is 2.25. The van der Waals surface area contributed by atoms with Gasteiger partial charge in [-0.25, -0.2) is 4.98 Å². The van der Waals surface area contributed by atoms with Gasteiger partial charge < -0.3 is 10.6 Å². The summed E-state index contributed by atoms with van der Waals surface area (Å²) >= 11 is 0. The lowest BCUT2D eigenvalue weighted by Crippen LogP contribution is -2.35. The topological polar surface area (TPSA) is 94.9 Å². The van der Waals surface area contributed by atoms with Crippen LogP contribution in [0.15, 0.2) is 18.3 Å². The van der Waals surface area contributed by atoms with E-state index in [-0.39, 0.29) is 17.7 Å². The maximum absolute atomic E-state index is 12.0. The van der Waals surface area contributed by atoms with Gasteiger partial charge in [0.05, 0.1) is 5.56 Å². The van der Waals surface area contributed by atoms with Gasteiger partial charge in [-0.3, -0.25) is 9.59 Å². The molecule has 1 aromatic heterocycles. The summed E-state index contributed by atoms with van der Waals surface area (Å²) in [7, 11) is 1.67. The highest BCUT2D eigenvalue weighted by molar-refractivity contribution is 5.93. The van der Waals surface area contributed by atoms with E-state index in [4.69, 9.17) is 5.26 Å². The molecule has 0 spiro atoms. The Morgan fingerprint density at radius 3 is 2.59 bits per heavy atom. The summed E-state index contributed by atoms with van der Waals surface area (Å²) in [6, 6.07) is 5.05. The van der Waals surface area contributed by atoms with Gasteiger partial charge in [0.2, 0.25) is 5.91 Å². The van der Waals surface area contributed by atoms with Gasteiger partial charge in [0.15, 0.2) is 0 Å². The molecule has 6 nitrogen and oxygen atoms in total. The molecule has 1 aliphatic carbocycles. The number of carbonyl (C=O) groups excluding carboxylic acids is 2. The van der Waals surface area contributed by atoms with Crippen molar-refractivity contribution in [2.45, 2.75) is 25.7 Å². The lowest BCUT2D eigenvalue weighted by Gasteiger charge is -2.27. The van der Waals surface area contributed by atoms with Crippen LogP contribution in [0.2, 0.25) is 0 Å². The van der Waals surface area contributed by atoms with Crippen molar-refractivity contribution >= 4 is 11.8 Å². The van der Waals surface area contributed by atoms with Crippen LogP contribution in [0.3, 0.4) is 0 Å². The van der Waals surface area contributed by atoms with E-state index in [1.54, 1.807) is 13.1 Å². The molecule has 2 rings (SSSR count). The minimum atomic E-state index is -0.176. The predicted molar refractivity (Wildman–Crippen MR) is 80.8 cm³/mol. The van der Waals surface area contributed by atoms with Crippen molar-refractivity contribution in [3.05, 3.63) is 29.6 Å². The minimum absolute atomic E-state index is 0.111. The van der Waals surface area contributed by atoms with Crippen molar-refractivity contribution in [1.29, 1.82) is 5.26 Å². The number of aromatic nitrogens is 1. The molecule has 0 atom stereocenters. The van der Waals surface area contributed by atoms with Crippen LogP contribution in [-0.4, -0.2) is 30.4 Å². The molecular formula is C16H20N4O2. The molecule has 1 aliphatic rings. The number of nitrogens with zero attached hydrogens (tertiary/aromatic N) is 2. The van der Waals surface area contributed by atoms with E-state index < -0.39 is 0 Å². The van der Waals surface area contributed by atoms with Crippen molar-refractivity contribution < 1.29 is 9.59 Å². The third-order valence-electron chi connectivity index (χ3n) is 4.16. The molecule has 2 N–H and O–H groups in total. The van der Waals surface area contributed by atoms with E-state index in [0.717, 1.165) is 25.7 Å². The van der Waals surface area contributed by atoms with E-state index in [1.807, 2.05) is 6.07 Å². The largest absolute Gasteiger partial charge is 0.359 e. The highest BCUT2D eigenvalue weighted by atomic mass is 16.2. The van der Waals surface area contributed by atoms with Gasteiger partial charge in [-0.15, -0.1) is 0 Å². The van der Waals surface area contributed by atoms with Crippen LogP contribution in [0, 0.1) is 23.2 Å². The lowest BCUT2D eigenvalue weighted by atomic mass is 9.81. The molecule has 0 aliphatic heterocycles. The Morgan fingerprint density at radius 2 is 2.05 bits per heavy atom. The Labute approximate surface area is 129 Å². The normalized spacial score (nSPS) is 20.7. The summed E-state index contributed by atoms with van der Waals surface area (Å²) in [5.74, 6) is 0.465. The van der Waals surface area contributed by atoms with Crippen LogP contribution < -0.4 is 10.6 Å². The maximum Gasteiger partial charge on any atom is 0.252 e. The number of carbonyl (C=O) groups is 2. The Bertz CT molecular complexity index is 569. The van der Waals surface area contributed by atoms with Crippen molar-refractivity contribution in [3.8, 4) is 6.07 Å². The summed E-state index contributed by atoms with van der Waals surface area (Å²) < 4.78 is 0. The molecule has 0 unspecified atom stereocenters. The number of nitriles is 1. The second-order valence-electron chi connectivity index (χ2n) is 5.59. The van der Waals surface area contributed by atoms with Gasteiger partial charge in [0, 0.05) is 25.7 Å². The molecular weight excluding hydrogens is 280 g/mol. The van der Waals surface area contributed by atoms with Crippen molar-refractivity contribution in [1.82, 2.24) is 15.6 Å². The fraction of sp³-hybridized carbons (Fsp3) is 0.500. The van der Waals surface area contributed by atoms with E-state index in [0.29, 0.717) is 23.7 Å². The first-order valence-electron chi connectivity index (χ1n) is 7.50. The quantitative estimate of drug-likeness (QED) is 0.874. The number of hydrogen-bond acceptors (Lipinski definition) is 4. The number of hydrogen-bond donors (Lipinski definition) is 2. The summed E-state index contributed by atoms with van der Waals surface area (Å²) in [6.45, 7) is 0.610. The summed E-state index contributed by atoms with van der Waals surface area (Å²) in [6.07, 6.45) is 5.06. The van der Waals surface area contributed by atoms with E-state index in [1.165, 1.54) is 12.3 Å². The summed E-state index contributed by atoms with van der Waals surface area (Å²) in [5.41, 5.74) is 0.752. The molecule has 1 heterocycles. The van der Waals surface area contributed by atoms with Crippen LogP contribution >= 0.6 is 0 Å². The number of pyridine rings is 1. The van der Waals surface area contributed by atoms with E-state index in [9.17, 15) is 9.59 Å². The molecule has 1 saturated carbocycles. The number of nitrogens with one attached hydrogen (secondary N) is 2. The third kappa shape index (κ3) is 4.04. The predicted octanol–water partition coefficient (Wildman–Crippen LogP) is 1.24. The average molecular weight is 300 g/mol. The first-order chi connectivity index (χ1) is 10.6. The molecule has 6 heteroatoms. The van der Waals surface area contributed by atoms with Gasteiger partial charge in [0.25, 0.3) is 5.91 Å². The first kappa shape index (κ1) is 16.0. The Kier molecular flexibility index (Phi) is 5.48. The number of amides is 2. The second-order valence-corrected chi connectivity index (χ2v) is 5.59. The summed E-state index contributed by atoms with van der Waals surface area (Å²) in [5, 5.41) is 14.3. The van der Waals surface area contributed by atoms with Crippen molar-refractivity contribution in [2.24, 2.45) is 11.8 Å². The van der Waals surface area contributed by atoms with Gasteiger partial charge in [0.1, 0.15) is 11.8 Å². The zero-order valence-electron chi connectivity index (χ0n) is 12.6. The molecule has 1 fully saturated rings. The molecule has 2 amide bonds. The second kappa shape index (κ2) is 7.55. The molecule has 116 valence electrons. The SMILES string of the molecule is CNC(=O)C1CCC(CNC(=O)c2ccc(C#N)nc2)CC1. The molecule has 0 aromatic carbocycles. The standard InChI is InChI=1S/C16H20N4O2/c1-18-15(21)12-4-2-11(3-5-12)9-20-16(22)13-6-7-14(8-17)19-10-13/h6-7,10-12H,2-5,9H2,1H3,(H,18,21)(H,20,22). The number of rotatable bonds is 4. The zero-order chi connectivity index (χ0) is 15.9. The smallest absolute Gasteiger partial charge is 0.252 e. The van der Waals surface area contributed by atoms with Crippen LogP contribution in [0.5, 0.6) is 0 Å². The fourth-order valence-electron chi connectivity index (χ4n) is 2.77. The van der Waals surface area contributed by atoms with Gasteiger partial charge in [-0.2, -0.15) is 5.26 Å². The monoisotopic (exact) mass is 300 g/mol. The zero-order valence-corrected chi connectivity index (χ0v) is 12.6. The van der Waals surface area contributed by atoms with Crippen LogP contribution in [0.1, 0.15) is 41.7 Å². The Hall–Kier alpha value is -2.42. The first-order valence-corrected chi connectivity index (χ1v) is 7.50. The molecule has 22 heavy (non-hydrogen) atoms. The van der Waals surface area contributed by atoms with Gasteiger partial charge in [-0.1, -0.05) is 0 Å². The van der Waals surface area contributed by atoms with E-state index in [2.05, 4.69) is 15.6 Å². The molecule has 0 radical (unpaired) electrons. The Morgan fingerprint density at radius 1 is 1.32 bits per heavy atom. The molecule has 0 saturated heterocycles. The lowest BCUT2D eigenvalue weighted by molar-refractivity contribution is -0.125. The molecule has 0 bridgehead atoms. The Balaban J connectivity index is 1.77. The highest BCUT2D eigenvalue weighted by Crippen LogP contribution is 2.28. The van der Waals surface area contributed by atoms with Crippen molar-refractivity contribution in [3.63, 3.8) is 0 Å². The van der Waals surface area contributed by atoms with Crippen LogP contribution in [0.4, 0.5) is 0 Å². The van der Waals surface area contributed by atoms with Crippen LogP contribution in [0.25, 0.3) is 0 Å². The third-order valence-corrected chi connectivity index (χ3v) is 4.16. The summed E-state index contributed by atoms with van der Waals surface area (Å²) in [4.78, 5) is 27.5. The molecule has 1 aromatic rings. The average Bonchev–Trinajstić information content (AvgIpc) is 2.59. The minimum Gasteiger partial charge on any atom is -0.359 e. The van der Waals surface area contributed by atoms with E-state index >= 15 is 0 Å². The fourth-order valence-corrected chi connectivity index (χ4v) is 2.77. The maximum atomic E-state index is 12.0. The van der Waals surface area contributed by atoms with Gasteiger partial charge in [-0.05, 0) is 43.7 Å².